The number of cyclic esters (lactones) is 1. The molecule has 3 unspecified atom stereocenters. The highest BCUT2D eigenvalue weighted by atomic mass is 16.7. The van der Waals surface area contributed by atoms with E-state index in [2.05, 4.69) is 39.5 Å². The van der Waals surface area contributed by atoms with Crippen LogP contribution in [0.2, 0.25) is 0 Å². The highest BCUT2D eigenvalue weighted by Crippen LogP contribution is 2.44. The van der Waals surface area contributed by atoms with E-state index in [9.17, 15) is 14.7 Å². The summed E-state index contributed by atoms with van der Waals surface area (Å²) in [5.41, 5.74) is -4.00. The Morgan fingerprint density at radius 2 is 1.52 bits per heavy atom. The molecule has 3 aliphatic rings. The third-order valence-electron chi connectivity index (χ3n) is 12.4. The van der Waals surface area contributed by atoms with E-state index in [0.29, 0.717) is 26.1 Å². The lowest BCUT2D eigenvalue weighted by atomic mass is 9.69. The highest BCUT2D eigenvalue weighted by molar-refractivity contribution is 6.04. The van der Waals surface area contributed by atoms with Gasteiger partial charge >= 0.3 is 5.97 Å². The molecule has 0 aromatic heterocycles. The van der Waals surface area contributed by atoms with Crippen LogP contribution in [0, 0.1) is 40.9 Å². The highest BCUT2D eigenvalue weighted by Gasteiger charge is 2.55. The average molecular weight is 684 g/mol. The first-order chi connectivity index (χ1) is 22.1. The standard InChI is InChI=1S/C38H69NO9/c1-16-29-38(12,42)33-26(7)25(6)21(2)18-37(11,45-20-23(4)22(3)19-44-33)32(27(8)31(40)36(9,10)35(41)47-29)48-34-30(43-15)28(39(13)14)17-24(5)46-34/h21-30,32-34,42H,16-20H2,1-15H3/t21-,22?,23?,24-,25?,26+,27+,28+,29-,30-,32-,33-,34+,37-,38-/m1/s1. The Balaban J connectivity index is 2.28. The van der Waals surface area contributed by atoms with Gasteiger partial charge in [0.25, 0.3) is 0 Å². The summed E-state index contributed by atoms with van der Waals surface area (Å²) in [6.07, 6.45) is -1.89. The summed E-state index contributed by atoms with van der Waals surface area (Å²) in [5.74, 6) is -1.56. The van der Waals surface area contributed by atoms with Crippen molar-refractivity contribution in [2.45, 2.75) is 156 Å². The van der Waals surface area contributed by atoms with E-state index in [0.717, 1.165) is 6.42 Å². The van der Waals surface area contributed by atoms with Gasteiger partial charge in [0, 0.05) is 25.7 Å². The van der Waals surface area contributed by atoms with Crippen LogP contribution >= 0.6 is 0 Å². The third kappa shape index (κ3) is 8.48. The number of fused-ring (bicyclic) bond motifs is 5. The molecule has 15 atom stereocenters. The lowest BCUT2D eigenvalue weighted by molar-refractivity contribution is -0.303. The van der Waals surface area contributed by atoms with Crippen molar-refractivity contribution in [1.82, 2.24) is 4.90 Å². The molecule has 48 heavy (non-hydrogen) atoms. The predicted octanol–water partition coefficient (Wildman–Crippen LogP) is 5.51. The van der Waals surface area contributed by atoms with Crippen LogP contribution in [0.3, 0.4) is 0 Å². The molecule has 3 saturated heterocycles. The van der Waals surface area contributed by atoms with E-state index in [1.807, 2.05) is 41.8 Å². The van der Waals surface area contributed by atoms with Crippen molar-refractivity contribution in [3.63, 3.8) is 0 Å². The van der Waals surface area contributed by atoms with E-state index >= 15 is 0 Å². The molecule has 3 fully saturated rings. The number of ketones is 1. The SMILES string of the molecule is CC[C@H]1OC(=O)C(C)(C)C(=O)[C@H](C)[C@@H](O[C@@H]2O[C@H](C)C[C@H](N(C)C)[C@H]2OC)[C@@]2(C)C[C@@H](C)C(C)[C@H](C)[C@@H](OCC(C)C(C)CO2)[C@]1(C)O. The molecule has 0 aromatic carbocycles. The molecule has 2 bridgehead atoms. The van der Waals surface area contributed by atoms with E-state index < -0.39 is 59.2 Å². The van der Waals surface area contributed by atoms with Crippen LogP contribution in [0.1, 0.15) is 102 Å². The Kier molecular flexibility index (Phi) is 13.8. The number of esters is 1. The van der Waals surface area contributed by atoms with E-state index in [1.165, 1.54) is 0 Å². The third-order valence-corrected chi connectivity index (χ3v) is 12.4. The average Bonchev–Trinajstić information content (AvgIpc) is 3.01. The fourth-order valence-corrected chi connectivity index (χ4v) is 8.35. The maximum Gasteiger partial charge on any atom is 0.319 e. The molecule has 0 aromatic rings. The maximum atomic E-state index is 14.6. The molecule has 0 amide bonds. The Morgan fingerprint density at radius 1 is 0.917 bits per heavy atom. The molecule has 1 N–H and O–H groups in total. The van der Waals surface area contributed by atoms with Gasteiger partial charge in [0.2, 0.25) is 0 Å². The van der Waals surface area contributed by atoms with Crippen LogP contribution in [0.15, 0.2) is 0 Å². The summed E-state index contributed by atoms with van der Waals surface area (Å²) in [6, 6.07) is 0.0288. The van der Waals surface area contributed by atoms with Crippen molar-refractivity contribution >= 4 is 11.8 Å². The first-order valence-electron chi connectivity index (χ1n) is 18.4. The summed E-state index contributed by atoms with van der Waals surface area (Å²) in [5, 5.41) is 12.2. The second-order valence-corrected chi connectivity index (χ2v) is 16.9. The van der Waals surface area contributed by atoms with Gasteiger partial charge in [-0.25, -0.2) is 0 Å². The van der Waals surface area contributed by atoms with E-state index in [4.69, 9.17) is 28.4 Å². The number of carbonyl (C=O) groups is 2. The minimum Gasteiger partial charge on any atom is -0.458 e. The smallest absolute Gasteiger partial charge is 0.319 e. The summed E-state index contributed by atoms with van der Waals surface area (Å²) < 4.78 is 39.3. The van der Waals surface area contributed by atoms with Gasteiger partial charge in [0.15, 0.2) is 12.1 Å². The predicted molar refractivity (Wildman–Crippen MR) is 185 cm³/mol. The summed E-state index contributed by atoms with van der Waals surface area (Å²) >= 11 is 0. The number of hydrogen-bond donors (Lipinski definition) is 1. The molecule has 0 saturated carbocycles. The van der Waals surface area contributed by atoms with Crippen LogP contribution in [0.25, 0.3) is 0 Å². The van der Waals surface area contributed by atoms with Gasteiger partial charge in [-0.2, -0.15) is 0 Å². The number of Topliss-reactive ketones (excluding diaryl/α,β-unsaturated/α-hetero) is 1. The van der Waals surface area contributed by atoms with Crippen molar-refractivity contribution in [2.24, 2.45) is 40.9 Å². The molecular formula is C38H69NO9. The molecule has 280 valence electrons. The first-order valence-corrected chi connectivity index (χ1v) is 18.4. The minimum atomic E-state index is -1.54. The van der Waals surface area contributed by atoms with Gasteiger partial charge in [-0.15, -0.1) is 0 Å². The van der Waals surface area contributed by atoms with Crippen LogP contribution in [0.4, 0.5) is 0 Å². The molecule has 0 spiro atoms. The molecule has 10 heteroatoms. The summed E-state index contributed by atoms with van der Waals surface area (Å²) in [4.78, 5) is 30.8. The molecule has 3 heterocycles. The lowest BCUT2D eigenvalue weighted by Crippen LogP contribution is -2.61. The van der Waals surface area contributed by atoms with Gasteiger partial charge in [-0.05, 0) is 97.6 Å². The molecule has 3 rings (SSSR count). The lowest BCUT2D eigenvalue weighted by Gasteiger charge is -2.50. The molecular weight excluding hydrogens is 614 g/mol. The fraction of sp³-hybridized carbons (Fsp3) is 0.947. The molecule has 10 nitrogen and oxygen atoms in total. The quantitative estimate of drug-likeness (QED) is 0.294. The second-order valence-electron chi connectivity index (χ2n) is 16.9. The monoisotopic (exact) mass is 683 g/mol. The number of rotatable bonds is 5. The number of methoxy groups -OCH3 is 1. The Morgan fingerprint density at radius 3 is 2.08 bits per heavy atom. The zero-order valence-electron chi connectivity index (χ0n) is 32.7. The van der Waals surface area contributed by atoms with Crippen LogP contribution in [-0.2, 0) is 38.0 Å². The van der Waals surface area contributed by atoms with Gasteiger partial charge in [-0.1, -0.05) is 48.5 Å². The molecule has 3 aliphatic heterocycles. The molecule has 0 aliphatic carbocycles. The van der Waals surface area contributed by atoms with Crippen LogP contribution in [-0.4, -0.2) is 110 Å². The minimum absolute atomic E-state index is 0.0288. The zero-order valence-corrected chi connectivity index (χ0v) is 32.7. The van der Waals surface area contributed by atoms with Gasteiger partial charge < -0.3 is 38.4 Å². The number of nitrogens with zero attached hydrogens (tertiary/aromatic N) is 1. The van der Waals surface area contributed by atoms with Gasteiger partial charge in [0.05, 0.1) is 30.5 Å². The number of carbonyl (C=O) groups excluding carboxylic acids is 2. The number of aliphatic hydroxyl groups is 1. The number of likely N-dealkylation sites (N-methyl/N-ethyl adjacent to an activating group) is 1. The normalized spacial score (nSPS) is 47.0. The molecule has 0 radical (unpaired) electrons. The van der Waals surface area contributed by atoms with Crippen molar-refractivity contribution in [3.8, 4) is 0 Å². The van der Waals surface area contributed by atoms with Crippen molar-refractivity contribution in [3.05, 3.63) is 0 Å². The Bertz CT molecular complexity index is 1080. The zero-order chi connectivity index (χ0) is 36.5. The fourth-order valence-electron chi connectivity index (χ4n) is 8.35. The van der Waals surface area contributed by atoms with Gasteiger partial charge in [-0.3, -0.25) is 9.59 Å². The van der Waals surface area contributed by atoms with Gasteiger partial charge in [0.1, 0.15) is 23.2 Å². The summed E-state index contributed by atoms with van der Waals surface area (Å²) in [7, 11) is 5.71. The number of hydrogen-bond acceptors (Lipinski definition) is 10. The Labute approximate surface area is 291 Å². The second kappa shape index (κ2) is 16.0. The summed E-state index contributed by atoms with van der Waals surface area (Å²) in [6.45, 7) is 24.3. The first kappa shape index (κ1) is 41.3. The maximum absolute atomic E-state index is 14.6. The van der Waals surface area contributed by atoms with Crippen LogP contribution < -0.4 is 0 Å². The van der Waals surface area contributed by atoms with E-state index in [-0.39, 0.29) is 47.5 Å². The van der Waals surface area contributed by atoms with Crippen LogP contribution in [0.5, 0.6) is 0 Å². The van der Waals surface area contributed by atoms with Crippen molar-refractivity contribution in [1.29, 1.82) is 0 Å². The van der Waals surface area contributed by atoms with Crippen molar-refractivity contribution < 1.29 is 43.1 Å². The van der Waals surface area contributed by atoms with Crippen molar-refractivity contribution in [2.75, 3.05) is 34.4 Å². The van der Waals surface area contributed by atoms with E-state index in [1.54, 1.807) is 27.9 Å². The number of ether oxygens (including phenoxy) is 6. The largest absolute Gasteiger partial charge is 0.458 e. The Hall–Kier alpha value is -1.14. The topological polar surface area (TPSA) is 113 Å².